The van der Waals surface area contributed by atoms with Crippen LogP contribution in [0.5, 0.6) is 5.88 Å². The molecule has 0 saturated heterocycles. The minimum atomic E-state index is -1.11. The van der Waals surface area contributed by atoms with Crippen molar-refractivity contribution in [2.75, 3.05) is 0 Å². The van der Waals surface area contributed by atoms with Gasteiger partial charge >= 0.3 is 5.97 Å². The second kappa shape index (κ2) is 5.68. The van der Waals surface area contributed by atoms with Gasteiger partial charge in [0.2, 0.25) is 5.88 Å². The first-order valence-electron chi connectivity index (χ1n) is 6.74. The molecule has 0 saturated carbocycles. The maximum absolute atomic E-state index is 13.6. The average Bonchev–Trinajstić information content (AvgIpc) is 2.90. The summed E-state index contributed by atoms with van der Waals surface area (Å²) in [7, 11) is 0. The van der Waals surface area contributed by atoms with Crippen molar-refractivity contribution in [2.24, 2.45) is 0 Å². The Hall–Kier alpha value is -2.96. The molecule has 1 aromatic carbocycles. The van der Waals surface area contributed by atoms with Gasteiger partial charge in [0.05, 0.1) is 17.3 Å². The molecule has 7 heteroatoms. The molecule has 2 heterocycles. The van der Waals surface area contributed by atoms with E-state index in [2.05, 4.69) is 5.10 Å². The van der Waals surface area contributed by atoms with E-state index in [4.69, 9.17) is 9.84 Å². The smallest absolute Gasteiger partial charge is 0.339 e. The third kappa shape index (κ3) is 2.73. The molecule has 0 radical (unpaired) electrons. The molecule has 5 nitrogen and oxygen atoms in total. The van der Waals surface area contributed by atoms with Crippen LogP contribution in [0, 0.1) is 18.6 Å². The number of carboxylic acid groups (broad SMARTS) is 1. The van der Waals surface area contributed by atoms with Crippen LogP contribution in [0.1, 0.15) is 21.5 Å². The average molecular weight is 318 g/mol. The van der Waals surface area contributed by atoms with Gasteiger partial charge in [-0.15, -0.1) is 0 Å². The molecule has 0 aliphatic rings. The van der Waals surface area contributed by atoms with Crippen LogP contribution < -0.4 is 4.74 Å². The molecule has 2 aromatic heterocycles. The first kappa shape index (κ1) is 15.0. The molecule has 118 valence electrons. The molecule has 1 N–H and O–H groups in total. The number of aromatic carboxylic acids is 1. The van der Waals surface area contributed by atoms with Gasteiger partial charge in [0, 0.05) is 6.07 Å². The summed E-state index contributed by atoms with van der Waals surface area (Å²) < 4.78 is 34.0. The normalized spacial score (nSPS) is 10.9. The molecular formula is C16H12F2N2O3. The van der Waals surface area contributed by atoms with E-state index in [1.165, 1.54) is 16.8 Å². The van der Waals surface area contributed by atoms with Gasteiger partial charge in [-0.2, -0.15) is 5.10 Å². The number of carboxylic acids is 1. The predicted molar refractivity (Wildman–Crippen MR) is 77.6 cm³/mol. The van der Waals surface area contributed by atoms with E-state index in [9.17, 15) is 13.6 Å². The van der Waals surface area contributed by atoms with Gasteiger partial charge in [-0.3, -0.25) is 0 Å². The number of fused-ring (bicyclic) bond motifs is 1. The summed E-state index contributed by atoms with van der Waals surface area (Å²) in [6.07, 6.45) is 1.20. The molecule has 0 bridgehead atoms. The van der Waals surface area contributed by atoms with Crippen molar-refractivity contribution >= 4 is 11.5 Å². The van der Waals surface area contributed by atoms with Crippen LogP contribution in [-0.4, -0.2) is 20.7 Å². The maximum Gasteiger partial charge on any atom is 0.339 e. The summed E-state index contributed by atoms with van der Waals surface area (Å²) in [5.41, 5.74) is 0.911. The topological polar surface area (TPSA) is 63.8 Å². The largest absolute Gasteiger partial charge is 0.478 e. The summed E-state index contributed by atoms with van der Waals surface area (Å²) in [5.74, 6) is -2.33. The SMILES string of the molecule is Cc1cc(OCc2c(F)cccc2F)n2ncc(C(=O)O)c2c1. The highest BCUT2D eigenvalue weighted by Crippen LogP contribution is 2.22. The first-order chi connectivity index (χ1) is 11.0. The summed E-state index contributed by atoms with van der Waals surface area (Å²) in [4.78, 5) is 11.2. The van der Waals surface area contributed by atoms with E-state index in [-0.39, 0.29) is 23.6 Å². The Morgan fingerprint density at radius 2 is 2.00 bits per heavy atom. The van der Waals surface area contributed by atoms with Crippen molar-refractivity contribution in [3.63, 3.8) is 0 Å². The minimum Gasteiger partial charge on any atom is -0.478 e. The van der Waals surface area contributed by atoms with E-state index in [1.54, 1.807) is 19.1 Å². The fraction of sp³-hybridized carbons (Fsp3) is 0.125. The number of carbonyl (C=O) groups is 1. The molecular weight excluding hydrogens is 306 g/mol. The van der Waals surface area contributed by atoms with Crippen LogP contribution in [0.25, 0.3) is 5.52 Å². The van der Waals surface area contributed by atoms with Gasteiger partial charge in [0.25, 0.3) is 0 Å². The number of aromatic nitrogens is 2. The summed E-state index contributed by atoms with van der Waals surface area (Å²) in [6, 6.07) is 6.82. The molecule has 0 aliphatic carbocycles. The number of benzene rings is 1. The zero-order valence-corrected chi connectivity index (χ0v) is 12.1. The van der Waals surface area contributed by atoms with Gasteiger partial charge in [-0.05, 0) is 30.7 Å². The van der Waals surface area contributed by atoms with Crippen LogP contribution in [0.3, 0.4) is 0 Å². The number of hydrogen-bond donors (Lipinski definition) is 1. The molecule has 0 unspecified atom stereocenters. The maximum atomic E-state index is 13.6. The summed E-state index contributed by atoms with van der Waals surface area (Å²) in [6.45, 7) is 1.43. The lowest BCUT2D eigenvalue weighted by atomic mass is 10.2. The Morgan fingerprint density at radius 1 is 1.30 bits per heavy atom. The van der Waals surface area contributed by atoms with Crippen LogP contribution in [0.4, 0.5) is 8.78 Å². The second-order valence-corrected chi connectivity index (χ2v) is 5.02. The van der Waals surface area contributed by atoms with E-state index >= 15 is 0 Å². The second-order valence-electron chi connectivity index (χ2n) is 5.02. The predicted octanol–water partition coefficient (Wildman–Crippen LogP) is 3.20. The number of aryl methyl sites for hydroxylation is 1. The van der Waals surface area contributed by atoms with Gasteiger partial charge < -0.3 is 9.84 Å². The van der Waals surface area contributed by atoms with Crippen LogP contribution in [0.15, 0.2) is 36.5 Å². The van der Waals surface area contributed by atoms with E-state index in [0.29, 0.717) is 5.52 Å². The standard InChI is InChI=1S/C16H12F2N2O3/c1-9-5-14-10(16(21)22)7-19-20(14)15(6-9)23-8-11-12(17)3-2-4-13(11)18/h2-7H,8H2,1H3,(H,21,22). The Labute approximate surface area is 129 Å². The van der Waals surface area contributed by atoms with Gasteiger partial charge in [-0.25, -0.2) is 18.1 Å². The molecule has 0 aliphatic heterocycles. The lowest BCUT2D eigenvalue weighted by Crippen LogP contribution is -2.06. The summed E-state index contributed by atoms with van der Waals surface area (Å²) in [5, 5.41) is 13.1. The lowest BCUT2D eigenvalue weighted by Gasteiger charge is -2.10. The number of rotatable bonds is 4. The molecule has 0 spiro atoms. The minimum absolute atomic E-state index is 0.0237. The van der Waals surface area contributed by atoms with Gasteiger partial charge in [0.1, 0.15) is 23.8 Å². The molecule has 0 amide bonds. The van der Waals surface area contributed by atoms with E-state index in [0.717, 1.165) is 17.7 Å². The number of pyridine rings is 1. The fourth-order valence-electron chi connectivity index (χ4n) is 2.27. The third-order valence-corrected chi connectivity index (χ3v) is 3.39. The van der Waals surface area contributed by atoms with Crippen LogP contribution in [-0.2, 0) is 6.61 Å². The third-order valence-electron chi connectivity index (χ3n) is 3.39. The molecule has 0 fully saturated rings. The highest BCUT2D eigenvalue weighted by Gasteiger charge is 2.16. The van der Waals surface area contributed by atoms with Crippen LogP contribution >= 0.6 is 0 Å². The van der Waals surface area contributed by atoms with Crippen molar-refractivity contribution in [3.05, 3.63) is 64.9 Å². The highest BCUT2D eigenvalue weighted by atomic mass is 19.1. The number of hydrogen-bond acceptors (Lipinski definition) is 3. The van der Waals surface area contributed by atoms with Gasteiger partial charge in [0.15, 0.2) is 0 Å². The van der Waals surface area contributed by atoms with Crippen molar-refractivity contribution in [1.82, 2.24) is 9.61 Å². The Bertz CT molecular complexity index is 885. The lowest BCUT2D eigenvalue weighted by molar-refractivity contribution is 0.0699. The summed E-state index contributed by atoms with van der Waals surface area (Å²) >= 11 is 0. The first-order valence-corrected chi connectivity index (χ1v) is 6.74. The van der Waals surface area contributed by atoms with Crippen molar-refractivity contribution in [2.45, 2.75) is 13.5 Å². The van der Waals surface area contributed by atoms with E-state index < -0.39 is 17.6 Å². The monoisotopic (exact) mass is 318 g/mol. The van der Waals surface area contributed by atoms with Crippen LogP contribution in [0.2, 0.25) is 0 Å². The Kier molecular flexibility index (Phi) is 3.69. The van der Waals surface area contributed by atoms with E-state index in [1.807, 2.05) is 0 Å². The number of ether oxygens (including phenoxy) is 1. The van der Waals surface area contributed by atoms with Crippen molar-refractivity contribution in [1.29, 1.82) is 0 Å². The number of nitrogens with zero attached hydrogens (tertiary/aromatic N) is 2. The van der Waals surface area contributed by atoms with Gasteiger partial charge in [-0.1, -0.05) is 6.07 Å². The Morgan fingerprint density at radius 3 is 2.65 bits per heavy atom. The van der Waals surface area contributed by atoms with Crippen molar-refractivity contribution in [3.8, 4) is 5.88 Å². The Balaban J connectivity index is 1.99. The molecule has 23 heavy (non-hydrogen) atoms. The quantitative estimate of drug-likeness (QED) is 0.802. The molecule has 3 rings (SSSR count). The number of halogens is 2. The fourth-order valence-corrected chi connectivity index (χ4v) is 2.27. The van der Waals surface area contributed by atoms with Crippen molar-refractivity contribution < 1.29 is 23.4 Å². The molecule has 3 aromatic rings. The zero-order valence-electron chi connectivity index (χ0n) is 12.1. The highest BCUT2D eigenvalue weighted by molar-refractivity contribution is 5.95. The zero-order chi connectivity index (χ0) is 16.6. The molecule has 0 atom stereocenters.